The molecule has 2 amide bonds. The van der Waals surface area contributed by atoms with Crippen molar-refractivity contribution in [3.05, 3.63) is 29.8 Å². The molecule has 0 bridgehead atoms. The Balaban J connectivity index is 2.66. The summed E-state index contributed by atoms with van der Waals surface area (Å²) >= 11 is 1.21. The summed E-state index contributed by atoms with van der Waals surface area (Å²) in [6, 6.07) is 7.93. The standard InChI is InChI=1S/C14H20N2O2S/c1-10(15-11(2)17)8-12-6-5-7-13(9-12)19-14(18)16(3)4/h5-7,9-10H,8H2,1-4H3,(H,15,17)/t10-/m0/s1. The van der Waals surface area contributed by atoms with Crippen molar-refractivity contribution in [2.45, 2.75) is 31.2 Å². The number of amides is 2. The first-order chi connectivity index (χ1) is 8.88. The fourth-order valence-electron chi connectivity index (χ4n) is 1.68. The molecule has 0 aliphatic heterocycles. The molecule has 0 saturated carbocycles. The highest BCUT2D eigenvalue weighted by molar-refractivity contribution is 8.13. The number of rotatable bonds is 4. The molecule has 1 N–H and O–H groups in total. The molecule has 0 unspecified atom stereocenters. The molecule has 19 heavy (non-hydrogen) atoms. The van der Waals surface area contributed by atoms with Gasteiger partial charge in [-0.1, -0.05) is 12.1 Å². The van der Waals surface area contributed by atoms with E-state index in [1.807, 2.05) is 31.2 Å². The molecule has 0 radical (unpaired) electrons. The number of hydrogen-bond acceptors (Lipinski definition) is 3. The first-order valence-corrected chi connectivity index (χ1v) is 6.95. The normalized spacial score (nSPS) is 11.8. The van der Waals surface area contributed by atoms with Crippen LogP contribution < -0.4 is 5.32 Å². The molecule has 4 nitrogen and oxygen atoms in total. The fourth-order valence-corrected chi connectivity index (χ4v) is 2.42. The van der Waals surface area contributed by atoms with E-state index in [9.17, 15) is 9.59 Å². The molecule has 0 fully saturated rings. The first-order valence-electron chi connectivity index (χ1n) is 6.13. The van der Waals surface area contributed by atoms with E-state index in [0.29, 0.717) is 0 Å². The number of benzene rings is 1. The number of thioether (sulfide) groups is 1. The zero-order valence-corrected chi connectivity index (χ0v) is 12.6. The average molecular weight is 280 g/mol. The van der Waals surface area contributed by atoms with Gasteiger partial charge in [0.2, 0.25) is 5.91 Å². The quantitative estimate of drug-likeness (QED) is 0.862. The van der Waals surface area contributed by atoms with Crippen LogP contribution in [0.2, 0.25) is 0 Å². The molecular weight excluding hydrogens is 260 g/mol. The van der Waals surface area contributed by atoms with Crippen LogP contribution >= 0.6 is 11.8 Å². The molecule has 0 aromatic heterocycles. The summed E-state index contributed by atoms with van der Waals surface area (Å²) in [6.07, 6.45) is 0.754. The Kier molecular flexibility index (Phi) is 5.89. The van der Waals surface area contributed by atoms with Crippen molar-refractivity contribution in [2.24, 2.45) is 0 Å². The zero-order valence-electron chi connectivity index (χ0n) is 11.8. The van der Waals surface area contributed by atoms with Gasteiger partial charge in [0.05, 0.1) is 0 Å². The second-order valence-corrected chi connectivity index (χ2v) is 5.74. The number of carbonyl (C=O) groups is 2. The third kappa shape index (κ3) is 5.79. The third-order valence-electron chi connectivity index (χ3n) is 2.46. The minimum Gasteiger partial charge on any atom is -0.354 e. The maximum Gasteiger partial charge on any atom is 0.285 e. The molecule has 0 spiro atoms. The van der Waals surface area contributed by atoms with Crippen LogP contribution in [0.3, 0.4) is 0 Å². The van der Waals surface area contributed by atoms with Crippen LogP contribution in [0.5, 0.6) is 0 Å². The van der Waals surface area contributed by atoms with Gasteiger partial charge >= 0.3 is 0 Å². The van der Waals surface area contributed by atoms with Crippen LogP contribution in [0.1, 0.15) is 19.4 Å². The smallest absolute Gasteiger partial charge is 0.285 e. The predicted molar refractivity (Wildman–Crippen MR) is 78.4 cm³/mol. The van der Waals surface area contributed by atoms with E-state index >= 15 is 0 Å². The lowest BCUT2D eigenvalue weighted by Gasteiger charge is -2.13. The second kappa shape index (κ2) is 7.19. The van der Waals surface area contributed by atoms with Gasteiger partial charge in [-0.2, -0.15) is 0 Å². The van der Waals surface area contributed by atoms with Gasteiger partial charge in [-0.05, 0) is 42.8 Å². The maximum absolute atomic E-state index is 11.6. The van der Waals surface area contributed by atoms with E-state index in [2.05, 4.69) is 5.32 Å². The average Bonchev–Trinajstić information content (AvgIpc) is 2.27. The van der Waals surface area contributed by atoms with E-state index < -0.39 is 0 Å². The minimum absolute atomic E-state index is 0.00654. The number of carbonyl (C=O) groups excluding carboxylic acids is 2. The molecule has 1 aromatic carbocycles. The van der Waals surface area contributed by atoms with Gasteiger partial charge in [-0.3, -0.25) is 9.59 Å². The van der Waals surface area contributed by atoms with Gasteiger partial charge in [0.25, 0.3) is 5.24 Å². The fraction of sp³-hybridized carbons (Fsp3) is 0.429. The Bertz CT molecular complexity index is 461. The third-order valence-corrected chi connectivity index (χ3v) is 3.49. The van der Waals surface area contributed by atoms with Crippen LogP contribution in [0, 0.1) is 0 Å². The Morgan fingerprint density at radius 1 is 1.37 bits per heavy atom. The SMILES string of the molecule is CC(=O)N[C@@H](C)Cc1cccc(SC(=O)N(C)C)c1. The van der Waals surface area contributed by atoms with Crippen molar-refractivity contribution in [3.8, 4) is 0 Å². The van der Waals surface area contributed by atoms with Gasteiger partial charge in [0, 0.05) is 32.0 Å². The summed E-state index contributed by atoms with van der Waals surface area (Å²) in [7, 11) is 3.47. The lowest BCUT2D eigenvalue weighted by Crippen LogP contribution is -2.32. The molecule has 0 aliphatic rings. The van der Waals surface area contributed by atoms with E-state index in [0.717, 1.165) is 16.9 Å². The van der Waals surface area contributed by atoms with Crippen molar-refractivity contribution in [3.63, 3.8) is 0 Å². The van der Waals surface area contributed by atoms with E-state index in [4.69, 9.17) is 0 Å². The minimum atomic E-state index is -0.0270. The summed E-state index contributed by atoms with van der Waals surface area (Å²) in [5.41, 5.74) is 1.11. The van der Waals surface area contributed by atoms with Crippen molar-refractivity contribution >= 4 is 22.9 Å². The van der Waals surface area contributed by atoms with Gasteiger partial charge in [-0.25, -0.2) is 0 Å². The number of nitrogens with zero attached hydrogens (tertiary/aromatic N) is 1. The molecule has 1 rings (SSSR count). The predicted octanol–water partition coefficient (Wildman–Crippen LogP) is 2.53. The van der Waals surface area contributed by atoms with E-state index in [1.54, 1.807) is 19.0 Å². The highest BCUT2D eigenvalue weighted by Gasteiger charge is 2.09. The highest BCUT2D eigenvalue weighted by atomic mass is 32.2. The molecule has 0 heterocycles. The van der Waals surface area contributed by atoms with E-state index in [-0.39, 0.29) is 17.2 Å². The largest absolute Gasteiger partial charge is 0.354 e. The van der Waals surface area contributed by atoms with Crippen molar-refractivity contribution in [1.82, 2.24) is 10.2 Å². The topological polar surface area (TPSA) is 49.4 Å². The van der Waals surface area contributed by atoms with Crippen LogP contribution in [0.15, 0.2) is 29.2 Å². The Labute approximate surface area is 118 Å². The van der Waals surface area contributed by atoms with Gasteiger partial charge < -0.3 is 10.2 Å². The Hall–Kier alpha value is -1.49. The molecule has 0 aliphatic carbocycles. The van der Waals surface area contributed by atoms with Crippen molar-refractivity contribution in [2.75, 3.05) is 14.1 Å². The lowest BCUT2D eigenvalue weighted by molar-refractivity contribution is -0.119. The molecular formula is C14H20N2O2S. The van der Waals surface area contributed by atoms with Crippen molar-refractivity contribution in [1.29, 1.82) is 0 Å². The summed E-state index contributed by atoms with van der Waals surface area (Å²) in [6.45, 7) is 3.48. The molecule has 0 saturated heterocycles. The number of nitrogens with one attached hydrogen (secondary N) is 1. The van der Waals surface area contributed by atoms with Crippen molar-refractivity contribution < 1.29 is 9.59 Å². The molecule has 104 valence electrons. The summed E-state index contributed by atoms with van der Waals surface area (Å²) in [5, 5.41) is 2.86. The Morgan fingerprint density at radius 2 is 2.05 bits per heavy atom. The van der Waals surface area contributed by atoms with Crippen LogP contribution in [-0.4, -0.2) is 36.2 Å². The van der Waals surface area contributed by atoms with Gasteiger partial charge in [0.1, 0.15) is 0 Å². The molecule has 1 atom stereocenters. The number of hydrogen-bond donors (Lipinski definition) is 1. The lowest BCUT2D eigenvalue weighted by atomic mass is 10.1. The first kappa shape index (κ1) is 15.6. The monoisotopic (exact) mass is 280 g/mol. The maximum atomic E-state index is 11.6. The Morgan fingerprint density at radius 3 is 2.63 bits per heavy atom. The van der Waals surface area contributed by atoms with Gasteiger partial charge in [0.15, 0.2) is 0 Å². The van der Waals surface area contributed by atoms with Gasteiger partial charge in [-0.15, -0.1) is 0 Å². The summed E-state index contributed by atoms with van der Waals surface area (Å²) in [5.74, 6) is -0.0270. The molecule has 1 aromatic rings. The summed E-state index contributed by atoms with van der Waals surface area (Å²) in [4.78, 5) is 25.1. The summed E-state index contributed by atoms with van der Waals surface area (Å²) < 4.78 is 0. The highest BCUT2D eigenvalue weighted by Crippen LogP contribution is 2.22. The van der Waals surface area contributed by atoms with Crippen LogP contribution in [0.4, 0.5) is 4.79 Å². The molecule has 5 heteroatoms. The van der Waals surface area contributed by atoms with Crippen LogP contribution in [0.25, 0.3) is 0 Å². The zero-order chi connectivity index (χ0) is 14.4. The second-order valence-electron chi connectivity index (χ2n) is 4.72. The van der Waals surface area contributed by atoms with Crippen LogP contribution in [-0.2, 0) is 11.2 Å². The van der Waals surface area contributed by atoms with E-state index in [1.165, 1.54) is 18.7 Å².